The summed E-state index contributed by atoms with van der Waals surface area (Å²) >= 11 is 1.35. The van der Waals surface area contributed by atoms with Crippen LogP contribution in [0.25, 0.3) is 0 Å². The minimum atomic E-state index is -0.795. The summed E-state index contributed by atoms with van der Waals surface area (Å²) in [6.07, 6.45) is 1.03. The summed E-state index contributed by atoms with van der Waals surface area (Å²) in [6, 6.07) is 6.61. The second kappa shape index (κ2) is 8.44. The van der Waals surface area contributed by atoms with Gasteiger partial charge in [-0.05, 0) is 24.1 Å². The number of benzene rings is 1. The second-order valence-electron chi connectivity index (χ2n) is 4.87. The van der Waals surface area contributed by atoms with E-state index < -0.39 is 12.1 Å². The van der Waals surface area contributed by atoms with Gasteiger partial charge >= 0.3 is 6.03 Å². The van der Waals surface area contributed by atoms with Gasteiger partial charge < -0.3 is 15.2 Å². The minimum absolute atomic E-state index is 0.0960. The molecule has 0 aliphatic heterocycles. The summed E-state index contributed by atoms with van der Waals surface area (Å²) in [6.45, 7) is 2.15. The molecule has 0 spiro atoms. The van der Waals surface area contributed by atoms with Gasteiger partial charge in [0.25, 0.3) is 0 Å². The van der Waals surface area contributed by atoms with Crippen LogP contribution < -0.4 is 15.4 Å². The molecule has 0 aliphatic rings. The molecule has 1 aromatic heterocycles. The number of rotatable bonds is 7. The van der Waals surface area contributed by atoms with E-state index in [2.05, 4.69) is 27.8 Å². The van der Waals surface area contributed by atoms with Crippen LogP contribution in [0.3, 0.4) is 0 Å². The van der Waals surface area contributed by atoms with Crippen LogP contribution in [0.1, 0.15) is 30.0 Å². The number of urea groups is 1. The van der Waals surface area contributed by atoms with Crippen LogP contribution in [-0.4, -0.2) is 35.0 Å². The van der Waals surface area contributed by atoms with Gasteiger partial charge in [-0.15, -0.1) is 10.2 Å². The van der Waals surface area contributed by atoms with Crippen molar-refractivity contribution in [2.24, 2.45) is 0 Å². The molecule has 23 heavy (non-hydrogen) atoms. The normalized spacial score (nSPS) is 11.8. The van der Waals surface area contributed by atoms with Crippen LogP contribution in [0.5, 0.6) is 5.75 Å². The molecule has 0 radical (unpaired) electrons. The maximum absolute atomic E-state index is 11.8. The lowest BCUT2D eigenvalue weighted by molar-refractivity contribution is 0.175. The molecule has 0 fully saturated rings. The van der Waals surface area contributed by atoms with Crippen molar-refractivity contribution in [3.8, 4) is 5.75 Å². The lowest BCUT2D eigenvalue weighted by Crippen LogP contribution is -2.32. The Balaban J connectivity index is 1.80. The highest BCUT2D eigenvalue weighted by Crippen LogP contribution is 2.18. The van der Waals surface area contributed by atoms with Crippen molar-refractivity contribution >= 4 is 22.5 Å². The molecule has 2 aromatic rings. The number of nitrogens with zero attached hydrogens (tertiary/aromatic N) is 2. The van der Waals surface area contributed by atoms with E-state index >= 15 is 0 Å². The predicted molar refractivity (Wildman–Crippen MR) is 88.9 cm³/mol. The molecule has 2 amide bonds. The molecular formula is C15H20N4O3S. The second-order valence-corrected chi connectivity index (χ2v) is 5.94. The topological polar surface area (TPSA) is 96.4 Å². The Kier molecular flexibility index (Phi) is 6.30. The molecule has 3 N–H and O–H groups in total. The molecule has 1 aromatic carbocycles. The number of hydrogen-bond donors (Lipinski definition) is 3. The molecule has 0 bridgehead atoms. The molecule has 1 heterocycles. The zero-order valence-electron chi connectivity index (χ0n) is 13.1. The SMILES string of the molecule is CCCc1nnc(NC(=O)NC[C@@H](O)c2ccc(OC)cc2)s1. The molecule has 124 valence electrons. The van der Waals surface area contributed by atoms with E-state index in [9.17, 15) is 9.90 Å². The number of aryl methyl sites for hydroxylation is 1. The summed E-state index contributed by atoms with van der Waals surface area (Å²) in [5, 5.41) is 24.5. The van der Waals surface area contributed by atoms with E-state index in [1.807, 2.05) is 0 Å². The van der Waals surface area contributed by atoms with Crippen LogP contribution in [0.2, 0.25) is 0 Å². The minimum Gasteiger partial charge on any atom is -0.497 e. The molecule has 0 unspecified atom stereocenters. The standard InChI is InChI=1S/C15H20N4O3S/c1-3-4-13-18-19-15(23-13)17-14(21)16-9-12(20)10-5-7-11(22-2)8-6-10/h5-8,12,20H,3-4,9H2,1-2H3,(H2,16,17,19,21)/t12-/m1/s1. The first kappa shape index (κ1) is 17.2. The van der Waals surface area contributed by atoms with Gasteiger partial charge in [-0.1, -0.05) is 30.4 Å². The zero-order valence-corrected chi connectivity index (χ0v) is 13.9. The van der Waals surface area contributed by atoms with Gasteiger partial charge in [-0.25, -0.2) is 4.79 Å². The van der Waals surface area contributed by atoms with Crippen LogP contribution in [0, 0.1) is 0 Å². The van der Waals surface area contributed by atoms with Crippen molar-refractivity contribution in [3.05, 3.63) is 34.8 Å². The number of aliphatic hydroxyl groups excluding tert-OH is 1. The van der Waals surface area contributed by atoms with Crippen molar-refractivity contribution in [1.82, 2.24) is 15.5 Å². The highest BCUT2D eigenvalue weighted by atomic mass is 32.1. The Morgan fingerprint density at radius 2 is 2.09 bits per heavy atom. The number of hydrogen-bond acceptors (Lipinski definition) is 6. The maximum atomic E-state index is 11.8. The maximum Gasteiger partial charge on any atom is 0.321 e. The highest BCUT2D eigenvalue weighted by Gasteiger charge is 2.11. The first-order valence-electron chi connectivity index (χ1n) is 7.31. The summed E-state index contributed by atoms with van der Waals surface area (Å²) in [5.41, 5.74) is 0.701. The number of aliphatic hydroxyl groups is 1. The third kappa shape index (κ3) is 5.19. The van der Waals surface area contributed by atoms with Gasteiger partial charge in [0.1, 0.15) is 10.8 Å². The Hall–Kier alpha value is -2.19. The third-order valence-corrected chi connectivity index (χ3v) is 4.01. The van der Waals surface area contributed by atoms with Gasteiger partial charge in [0.2, 0.25) is 5.13 Å². The average molecular weight is 336 g/mol. The van der Waals surface area contributed by atoms with Crippen LogP contribution >= 0.6 is 11.3 Å². The fourth-order valence-corrected chi connectivity index (χ4v) is 2.73. The van der Waals surface area contributed by atoms with E-state index in [0.717, 1.165) is 17.8 Å². The molecule has 7 nitrogen and oxygen atoms in total. The van der Waals surface area contributed by atoms with Crippen molar-refractivity contribution in [1.29, 1.82) is 0 Å². The fraction of sp³-hybridized carbons (Fsp3) is 0.400. The van der Waals surface area contributed by atoms with Crippen molar-refractivity contribution in [2.45, 2.75) is 25.9 Å². The summed E-state index contributed by atoms with van der Waals surface area (Å²) < 4.78 is 5.06. The molecular weight excluding hydrogens is 316 g/mol. The number of aromatic nitrogens is 2. The smallest absolute Gasteiger partial charge is 0.321 e. The van der Waals surface area contributed by atoms with E-state index in [4.69, 9.17) is 4.74 Å². The number of nitrogens with one attached hydrogen (secondary N) is 2. The quantitative estimate of drug-likeness (QED) is 0.721. The largest absolute Gasteiger partial charge is 0.497 e. The molecule has 1 atom stereocenters. The van der Waals surface area contributed by atoms with Crippen molar-refractivity contribution in [3.63, 3.8) is 0 Å². The third-order valence-electron chi connectivity index (χ3n) is 3.11. The lowest BCUT2D eigenvalue weighted by Gasteiger charge is -2.12. The highest BCUT2D eigenvalue weighted by molar-refractivity contribution is 7.15. The molecule has 0 saturated heterocycles. The summed E-state index contributed by atoms with van der Waals surface area (Å²) in [5.74, 6) is 0.714. The van der Waals surface area contributed by atoms with E-state index in [1.165, 1.54) is 11.3 Å². The number of carbonyl (C=O) groups excluding carboxylic acids is 1. The van der Waals surface area contributed by atoms with E-state index in [1.54, 1.807) is 31.4 Å². The average Bonchev–Trinajstić information content (AvgIpc) is 3.00. The fourth-order valence-electron chi connectivity index (χ4n) is 1.89. The molecule has 2 rings (SSSR count). The molecule has 0 aliphatic carbocycles. The lowest BCUT2D eigenvalue weighted by atomic mass is 10.1. The first-order valence-corrected chi connectivity index (χ1v) is 8.13. The van der Waals surface area contributed by atoms with Crippen LogP contribution in [0.4, 0.5) is 9.93 Å². The summed E-state index contributed by atoms with van der Waals surface area (Å²) in [7, 11) is 1.58. The monoisotopic (exact) mass is 336 g/mol. The Bertz CT molecular complexity index is 630. The van der Waals surface area contributed by atoms with Gasteiger partial charge in [0, 0.05) is 13.0 Å². The molecule has 0 saturated carbocycles. The number of anilines is 1. The van der Waals surface area contributed by atoms with Gasteiger partial charge in [-0.2, -0.15) is 0 Å². The summed E-state index contributed by atoms with van der Waals surface area (Å²) in [4.78, 5) is 11.8. The predicted octanol–water partition coefficient (Wildman–Crippen LogP) is 2.35. The van der Waals surface area contributed by atoms with E-state index in [0.29, 0.717) is 16.4 Å². The van der Waals surface area contributed by atoms with Crippen LogP contribution in [-0.2, 0) is 6.42 Å². The Morgan fingerprint density at radius 1 is 1.35 bits per heavy atom. The number of ether oxygens (including phenoxy) is 1. The first-order chi connectivity index (χ1) is 11.1. The Labute approximate surface area is 138 Å². The van der Waals surface area contributed by atoms with Gasteiger partial charge in [0.15, 0.2) is 0 Å². The number of carbonyl (C=O) groups is 1. The Morgan fingerprint density at radius 3 is 2.74 bits per heavy atom. The van der Waals surface area contributed by atoms with Gasteiger partial charge in [0.05, 0.1) is 13.2 Å². The van der Waals surface area contributed by atoms with E-state index in [-0.39, 0.29) is 6.54 Å². The molecule has 8 heteroatoms. The van der Waals surface area contributed by atoms with Gasteiger partial charge in [-0.3, -0.25) is 5.32 Å². The van der Waals surface area contributed by atoms with Crippen molar-refractivity contribution < 1.29 is 14.6 Å². The zero-order chi connectivity index (χ0) is 16.7. The van der Waals surface area contributed by atoms with Crippen LogP contribution in [0.15, 0.2) is 24.3 Å². The number of amides is 2. The number of methoxy groups -OCH3 is 1. The van der Waals surface area contributed by atoms with Crippen molar-refractivity contribution in [2.75, 3.05) is 19.0 Å².